The summed E-state index contributed by atoms with van der Waals surface area (Å²) >= 11 is 0. The fraction of sp³-hybridized carbons (Fsp3) is 0.400. The number of rotatable bonds is 1. The maximum Gasteiger partial charge on any atom is 0.178 e. The van der Waals surface area contributed by atoms with Gasteiger partial charge in [0.25, 0.3) is 0 Å². The van der Waals surface area contributed by atoms with Gasteiger partial charge < -0.3 is 4.57 Å². The molecule has 0 aliphatic rings. The first kappa shape index (κ1) is 5.41. The summed E-state index contributed by atoms with van der Waals surface area (Å²) in [7, 11) is 3.07. The highest BCUT2D eigenvalue weighted by Gasteiger charge is 1.91. The molecule has 0 radical (unpaired) electrons. The van der Waals surface area contributed by atoms with Crippen LogP contribution in [0, 0.1) is 0 Å². The molecule has 0 N–H and O–H groups in total. The number of imidazole rings is 1. The molecule has 42 valence electrons. The molecular weight excluding hydrogens is 98.9 g/mol. The maximum absolute atomic E-state index is 3.96. The van der Waals surface area contributed by atoms with Crippen molar-refractivity contribution in [3.05, 3.63) is 12.5 Å². The summed E-state index contributed by atoms with van der Waals surface area (Å²) in [4.78, 5) is 3.96. The fourth-order valence-electron chi connectivity index (χ4n) is 0.725. The average molecular weight is 108 g/mol. The molecule has 0 bridgehead atoms. The Kier molecular flexibility index (Phi) is 1.37. The number of hydrogen-bond donors (Lipinski definition) is 0. The summed E-state index contributed by atoms with van der Waals surface area (Å²) in [6, 6.07) is 0. The lowest BCUT2D eigenvalue weighted by atomic mass is 9.78. The molecule has 0 unspecified atom stereocenters. The van der Waals surface area contributed by atoms with Crippen LogP contribution < -0.4 is 5.59 Å². The van der Waals surface area contributed by atoms with Gasteiger partial charge in [0.2, 0.25) is 0 Å². The highest BCUT2D eigenvalue weighted by Crippen LogP contribution is 1.73. The average Bonchev–Trinajstić information content (AvgIpc) is 2.14. The van der Waals surface area contributed by atoms with Crippen molar-refractivity contribution in [1.29, 1.82) is 0 Å². The molecule has 0 saturated heterocycles. The standard InChI is InChI=1S/C5H9BN2/c1-6-5-3-7-4-8(5)2/h3-4,6H,1-2H3. The molecule has 0 spiro atoms. The summed E-state index contributed by atoms with van der Waals surface area (Å²) in [5.74, 6) is 0. The van der Waals surface area contributed by atoms with Crippen LogP contribution in [0.5, 0.6) is 0 Å². The van der Waals surface area contributed by atoms with E-state index >= 15 is 0 Å². The first-order chi connectivity index (χ1) is 3.84. The van der Waals surface area contributed by atoms with Gasteiger partial charge in [0, 0.05) is 13.2 Å². The van der Waals surface area contributed by atoms with E-state index in [9.17, 15) is 0 Å². The molecule has 1 aromatic rings. The molecule has 1 aromatic heterocycles. The van der Waals surface area contributed by atoms with Crippen LogP contribution in [0.4, 0.5) is 0 Å². The van der Waals surface area contributed by atoms with E-state index in [2.05, 4.69) is 11.8 Å². The third-order valence-electron chi connectivity index (χ3n) is 1.28. The van der Waals surface area contributed by atoms with Gasteiger partial charge in [0.05, 0.1) is 6.33 Å². The minimum Gasteiger partial charge on any atom is -0.347 e. The zero-order valence-corrected chi connectivity index (χ0v) is 5.26. The predicted octanol–water partition coefficient (Wildman–Crippen LogP) is -0.470. The minimum absolute atomic E-state index is 1.07. The highest BCUT2D eigenvalue weighted by atomic mass is 15.0. The van der Waals surface area contributed by atoms with Gasteiger partial charge in [-0.1, -0.05) is 6.82 Å². The lowest BCUT2D eigenvalue weighted by Crippen LogP contribution is -2.18. The summed E-state index contributed by atoms with van der Waals surface area (Å²) in [5, 5.41) is 0. The molecule has 0 saturated carbocycles. The number of hydrogen-bond acceptors (Lipinski definition) is 1. The quantitative estimate of drug-likeness (QED) is 0.444. The van der Waals surface area contributed by atoms with E-state index in [0.29, 0.717) is 0 Å². The van der Waals surface area contributed by atoms with Crippen LogP contribution in [0.3, 0.4) is 0 Å². The second-order valence-corrected chi connectivity index (χ2v) is 1.85. The van der Waals surface area contributed by atoms with E-state index in [0.717, 1.165) is 7.28 Å². The molecule has 0 amide bonds. The van der Waals surface area contributed by atoms with Crippen molar-refractivity contribution in [2.24, 2.45) is 7.05 Å². The molecule has 0 aromatic carbocycles. The molecular formula is C5H9BN2. The SMILES string of the molecule is CBc1cncn1C. The van der Waals surface area contributed by atoms with Gasteiger partial charge in [-0.05, 0) is 5.59 Å². The Balaban J connectivity index is 2.92. The van der Waals surface area contributed by atoms with Gasteiger partial charge in [-0.25, -0.2) is 4.98 Å². The minimum atomic E-state index is 1.07. The summed E-state index contributed by atoms with van der Waals surface area (Å²) in [5.41, 5.74) is 1.28. The van der Waals surface area contributed by atoms with Crippen LogP contribution >= 0.6 is 0 Å². The van der Waals surface area contributed by atoms with Gasteiger partial charge in [-0.15, -0.1) is 0 Å². The lowest BCUT2D eigenvalue weighted by Gasteiger charge is -1.92. The monoisotopic (exact) mass is 108 g/mol. The van der Waals surface area contributed by atoms with Crippen molar-refractivity contribution < 1.29 is 0 Å². The molecule has 0 fully saturated rings. The fourth-order valence-corrected chi connectivity index (χ4v) is 0.725. The van der Waals surface area contributed by atoms with Gasteiger partial charge >= 0.3 is 0 Å². The number of aromatic nitrogens is 2. The third kappa shape index (κ3) is 0.758. The summed E-state index contributed by atoms with van der Waals surface area (Å²) < 4.78 is 2.03. The molecule has 1 rings (SSSR count). The van der Waals surface area contributed by atoms with Crippen molar-refractivity contribution in [3.63, 3.8) is 0 Å². The molecule has 2 nitrogen and oxygen atoms in total. The second kappa shape index (κ2) is 2.03. The van der Waals surface area contributed by atoms with E-state index in [1.807, 2.05) is 24.1 Å². The Labute approximate surface area is 49.8 Å². The van der Waals surface area contributed by atoms with Gasteiger partial charge in [-0.2, -0.15) is 0 Å². The largest absolute Gasteiger partial charge is 0.347 e. The summed E-state index contributed by atoms with van der Waals surface area (Å²) in [6.07, 6.45) is 3.71. The van der Waals surface area contributed by atoms with Crippen LogP contribution in [0.1, 0.15) is 0 Å². The Morgan fingerprint density at radius 2 is 2.50 bits per heavy atom. The van der Waals surface area contributed by atoms with Crippen molar-refractivity contribution in [3.8, 4) is 0 Å². The van der Waals surface area contributed by atoms with Crippen LogP contribution in [0.15, 0.2) is 12.5 Å². The van der Waals surface area contributed by atoms with Crippen LogP contribution in [-0.4, -0.2) is 16.8 Å². The van der Waals surface area contributed by atoms with E-state index in [1.54, 1.807) is 0 Å². The van der Waals surface area contributed by atoms with Crippen molar-refractivity contribution >= 4 is 12.9 Å². The zero-order chi connectivity index (χ0) is 5.98. The third-order valence-corrected chi connectivity index (χ3v) is 1.28. The normalized spacial score (nSPS) is 9.25. The topological polar surface area (TPSA) is 17.8 Å². The molecule has 0 atom stereocenters. The van der Waals surface area contributed by atoms with Crippen molar-refractivity contribution in [1.82, 2.24) is 9.55 Å². The zero-order valence-electron chi connectivity index (χ0n) is 5.26. The van der Waals surface area contributed by atoms with E-state index in [-0.39, 0.29) is 0 Å². The predicted molar refractivity (Wildman–Crippen MR) is 35.9 cm³/mol. The van der Waals surface area contributed by atoms with Crippen molar-refractivity contribution in [2.75, 3.05) is 0 Å². The van der Waals surface area contributed by atoms with Gasteiger partial charge in [0.15, 0.2) is 7.28 Å². The van der Waals surface area contributed by atoms with Crippen LogP contribution in [0.25, 0.3) is 0 Å². The molecule has 0 aliphatic heterocycles. The van der Waals surface area contributed by atoms with E-state index in [4.69, 9.17) is 0 Å². The van der Waals surface area contributed by atoms with Crippen LogP contribution in [0.2, 0.25) is 6.82 Å². The highest BCUT2D eigenvalue weighted by molar-refractivity contribution is 6.50. The number of nitrogens with zero attached hydrogens (tertiary/aromatic N) is 2. The Hall–Kier alpha value is -0.725. The van der Waals surface area contributed by atoms with E-state index in [1.165, 1.54) is 5.59 Å². The molecule has 8 heavy (non-hydrogen) atoms. The molecule has 0 aliphatic carbocycles. The Bertz CT molecular complexity index is 171. The van der Waals surface area contributed by atoms with Crippen LogP contribution in [-0.2, 0) is 7.05 Å². The first-order valence-electron chi connectivity index (χ1n) is 2.79. The molecule has 3 heteroatoms. The lowest BCUT2D eigenvalue weighted by molar-refractivity contribution is 0.938. The Morgan fingerprint density at radius 3 is 2.75 bits per heavy atom. The second-order valence-electron chi connectivity index (χ2n) is 1.85. The van der Waals surface area contributed by atoms with Gasteiger partial charge in [0.1, 0.15) is 0 Å². The molecule has 1 heterocycles. The van der Waals surface area contributed by atoms with E-state index < -0.39 is 0 Å². The smallest absolute Gasteiger partial charge is 0.178 e. The Morgan fingerprint density at radius 1 is 1.75 bits per heavy atom. The number of aryl methyl sites for hydroxylation is 1. The summed E-state index contributed by atoms with van der Waals surface area (Å²) in [6.45, 7) is 2.12. The van der Waals surface area contributed by atoms with Crippen molar-refractivity contribution in [2.45, 2.75) is 6.82 Å². The van der Waals surface area contributed by atoms with Gasteiger partial charge in [-0.3, -0.25) is 0 Å². The maximum atomic E-state index is 3.96. The first-order valence-corrected chi connectivity index (χ1v) is 2.79.